The molecule has 0 heterocycles. The molecular weight excluding hydrogens is 176 g/mol. The minimum Gasteiger partial charge on any atom is -0.300 e. The van der Waals surface area contributed by atoms with E-state index in [-0.39, 0.29) is 11.2 Å². The van der Waals surface area contributed by atoms with Crippen molar-refractivity contribution in [1.82, 2.24) is 0 Å². The number of rotatable bonds is 3. The van der Waals surface area contributed by atoms with E-state index in [4.69, 9.17) is 0 Å². The van der Waals surface area contributed by atoms with Gasteiger partial charge in [-0.25, -0.2) is 0 Å². The maximum atomic E-state index is 11.8. The predicted octanol–water partition coefficient (Wildman–Crippen LogP) is 2.90. The summed E-state index contributed by atoms with van der Waals surface area (Å²) in [6.45, 7) is 3.63. The van der Waals surface area contributed by atoms with Gasteiger partial charge in [0.1, 0.15) is 11.6 Å². The highest BCUT2D eigenvalue weighted by atomic mass is 16.1. The zero-order valence-corrected chi connectivity index (χ0v) is 9.27. The van der Waals surface area contributed by atoms with E-state index in [9.17, 15) is 9.59 Å². The summed E-state index contributed by atoms with van der Waals surface area (Å²) in [7, 11) is 0. The number of Topliss-reactive ketones (excluding diaryl/α,β-unsaturated/α-hetero) is 2. The molecule has 0 amide bonds. The zero-order valence-electron chi connectivity index (χ0n) is 9.27. The van der Waals surface area contributed by atoms with E-state index in [0.717, 1.165) is 25.7 Å². The average molecular weight is 196 g/mol. The summed E-state index contributed by atoms with van der Waals surface area (Å²) in [5, 5.41) is 0. The second-order valence-electron chi connectivity index (χ2n) is 4.75. The molecule has 1 fully saturated rings. The quantitative estimate of drug-likeness (QED) is 0.650. The van der Waals surface area contributed by atoms with Crippen LogP contribution >= 0.6 is 0 Å². The largest absolute Gasteiger partial charge is 0.300 e. The van der Waals surface area contributed by atoms with Crippen LogP contribution < -0.4 is 0 Å². The molecule has 0 aliphatic heterocycles. The molecule has 0 radical (unpaired) electrons. The van der Waals surface area contributed by atoms with Crippen LogP contribution in [0.15, 0.2) is 0 Å². The molecule has 1 aliphatic rings. The Balaban J connectivity index is 2.58. The van der Waals surface area contributed by atoms with Crippen molar-refractivity contribution in [3.05, 3.63) is 0 Å². The van der Waals surface area contributed by atoms with Crippen molar-refractivity contribution in [2.45, 2.75) is 58.8 Å². The summed E-state index contributed by atoms with van der Waals surface area (Å²) in [4.78, 5) is 22.7. The van der Waals surface area contributed by atoms with E-state index in [1.165, 1.54) is 6.42 Å². The van der Waals surface area contributed by atoms with Gasteiger partial charge in [-0.1, -0.05) is 19.8 Å². The lowest BCUT2D eigenvalue weighted by Gasteiger charge is -2.25. The molecule has 0 unspecified atom stereocenters. The summed E-state index contributed by atoms with van der Waals surface area (Å²) in [6, 6.07) is 0. The Morgan fingerprint density at radius 3 is 2.71 bits per heavy atom. The van der Waals surface area contributed by atoms with Gasteiger partial charge < -0.3 is 4.79 Å². The van der Waals surface area contributed by atoms with Crippen molar-refractivity contribution in [2.24, 2.45) is 5.41 Å². The first kappa shape index (κ1) is 11.4. The number of carbonyl (C=O) groups excluding carboxylic acids is 2. The Hall–Kier alpha value is -0.660. The normalized spacial score (nSPS) is 28.6. The number of hydrogen-bond acceptors (Lipinski definition) is 2. The Labute approximate surface area is 86.1 Å². The minimum atomic E-state index is -0.206. The zero-order chi connectivity index (χ0) is 10.6. The Morgan fingerprint density at radius 1 is 1.36 bits per heavy atom. The number of hydrogen-bond donors (Lipinski definition) is 0. The average Bonchev–Trinajstić information content (AvgIpc) is 2.28. The fourth-order valence-electron chi connectivity index (χ4n) is 2.14. The molecule has 0 bridgehead atoms. The van der Waals surface area contributed by atoms with Crippen LogP contribution in [0.2, 0.25) is 0 Å². The van der Waals surface area contributed by atoms with Gasteiger partial charge in [0.15, 0.2) is 0 Å². The number of carbonyl (C=O) groups is 2. The maximum absolute atomic E-state index is 11.8. The van der Waals surface area contributed by atoms with Crippen LogP contribution in [0.3, 0.4) is 0 Å². The summed E-state index contributed by atoms with van der Waals surface area (Å²) >= 11 is 0. The molecule has 1 rings (SSSR count). The van der Waals surface area contributed by atoms with Gasteiger partial charge in [-0.05, 0) is 26.2 Å². The molecule has 1 saturated carbocycles. The molecule has 0 aromatic heterocycles. The van der Waals surface area contributed by atoms with Crippen LogP contribution in [0.1, 0.15) is 58.8 Å². The summed E-state index contributed by atoms with van der Waals surface area (Å²) in [6.07, 6.45) is 6.34. The third-order valence-electron chi connectivity index (χ3n) is 3.33. The summed E-state index contributed by atoms with van der Waals surface area (Å²) < 4.78 is 0. The lowest BCUT2D eigenvalue weighted by Crippen LogP contribution is -2.27. The molecule has 0 aromatic rings. The van der Waals surface area contributed by atoms with Crippen LogP contribution in [-0.2, 0) is 9.59 Å². The minimum absolute atomic E-state index is 0.197. The molecule has 2 heteroatoms. The van der Waals surface area contributed by atoms with Crippen molar-refractivity contribution in [3.8, 4) is 0 Å². The monoisotopic (exact) mass is 196 g/mol. The van der Waals surface area contributed by atoms with Crippen LogP contribution in [0.4, 0.5) is 0 Å². The first-order valence-corrected chi connectivity index (χ1v) is 5.57. The van der Waals surface area contributed by atoms with Crippen LogP contribution in [0.25, 0.3) is 0 Å². The van der Waals surface area contributed by atoms with Gasteiger partial charge >= 0.3 is 0 Å². The van der Waals surface area contributed by atoms with Gasteiger partial charge in [0, 0.05) is 18.3 Å². The van der Waals surface area contributed by atoms with Gasteiger partial charge in [-0.15, -0.1) is 0 Å². The van der Waals surface area contributed by atoms with Crippen molar-refractivity contribution in [3.63, 3.8) is 0 Å². The van der Waals surface area contributed by atoms with Crippen molar-refractivity contribution in [1.29, 1.82) is 0 Å². The SMILES string of the molecule is CC(=O)CC[C@@]1(C)CCCCCC1=O. The molecule has 1 aliphatic carbocycles. The highest BCUT2D eigenvalue weighted by Gasteiger charge is 2.33. The highest BCUT2D eigenvalue weighted by molar-refractivity contribution is 5.85. The van der Waals surface area contributed by atoms with E-state index in [0.29, 0.717) is 18.6 Å². The van der Waals surface area contributed by atoms with Crippen molar-refractivity contribution >= 4 is 11.6 Å². The second kappa shape index (κ2) is 4.72. The Kier molecular flexibility index (Phi) is 3.85. The molecule has 14 heavy (non-hydrogen) atoms. The third-order valence-corrected chi connectivity index (χ3v) is 3.33. The molecule has 1 atom stereocenters. The molecule has 0 saturated heterocycles. The van der Waals surface area contributed by atoms with E-state index in [1.54, 1.807) is 6.92 Å². The lowest BCUT2D eigenvalue weighted by molar-refractivity contribution is -0.128. The lowest BCUT2D eigenvalue weighted by atomic mass is 9.77. The van der Waals surface area contributed by atoms with E-state index < -0.39 is 0 Å². The third kappa shape index (κ3) is 2.93. The maximum Gasteiger partial charge on any atom is 0.138 e. The Bertz CT molecular complexity index is 232. The standard InChI is InChI=1S/C12H20O2/c1-10(13)7-9-12(2)8-5-3-4-6-11(12)14/h3-9H2,1-2H3/t12-/m1/s1. The molecule has 2 nitrogen and oxygen atoms in total. The molecule has 0 N–H and O–H groups in total. The fourth-order valence-corrected chi connectivity index (χ4v) is 2.14. The molecule has 0 spiro atoms. The smallest absolute Gasteiger partial charge is 0.138 e. The topological polar surface area (TPSA) is 34.1 Å². The van der Waals surface area contributed by atoms with E-state index in [2.05, 4.69) is 0 Å². The molecule has 0 aromatic carbocycles. The predicted molar refractivity (Wildman–Crippen MR) is 56.1 cm³/mol. The van der Waals surface area contributed by atoms with Crippen LogP contribution in [0.5, 0.6) is 0 Å². The van der Waals surface area contributed by atoms with E-state index >= 15 is 0 Å². The van der Waals surface area contributed by atoms with Crippen molar-refractivity contribution in [2.75, 3.05) is 0 Å². The first-order valence-electron chi connectivity index (χ1n) is 5.57. The molecule has 80 valence electrons. The van der Waals surface area contributed by atoms with Gasteiger partial charge in [0.05, 0.1) is 0 Å². The van der Waals surface area contributed by atoms with Gasteiger partial charge in [0.2, 0.25) is 0 Å². The molecular formula is C12H20O2. The Morgan fingerprint density at radius 2 is 2.07 bits per heavy atom. The van der Waals surface area contributed by atoms with Crippen LogP contribution in [-0.4, -0.2) is 11.6 Å². The van der Waals surface area contributed by atoms with Gasteiger partial charge in [-0.2, -0.15) is 0 Å². The summed E-state index contributed by atoms with van der Waals surface area (Å²) in [5.41, 5.74) is -0.206. The van der Waals surface area contributed by atoms with Gasteiger partial charge in [-0.3, -0.25) is 4.79 Å². The summed E-state index contributed by atoms with van der Waals surface area (Å²) in [5.74, 6) is 0.569. The fraction of sp³-hybridized carbons (Fsp3) is 0.833. The van der Waals surface area contributed by atoms with E-state index in [1.807, 2.05) is 6.92 Å². The van der Waals surface area contributed by atoms with Gasteiger partial charge in [0.25, 0.3) is 0 Å². The highest BCUT2D eigenvalue weighted by Crippen LogP contribution is 2.35. The van der Waals surface area contributed by atoms with Crippen LogP contribution in [0, 0.1) is 5.41 Å². The number of ketones is 2. The van der Waals surface area contributed by atoms with Crippen molar-refractivity contribution < 1.29 is 9.59 Å². The first-order chi connectivity index (χ1) is 6.54. The second-order valence-corrected chi connectivity index (χ2v) is 4.75.